The van der Waals surface area contributed by atoms with E-state index in [-0.39, 0.29) is 29.3 Å². The van der Waals surface area contributed by atoms with Crippen LogP contribution in [0.4, 0.5) is 0 Å². The molecule has 2 aliphatic heterocycles. The summed E-state index contributed by atoms with van der Waals surface area (Å²) < 4.78 is 10.5. The van der Waals surface area contributed by atoms with Gasteiger partial charge >= 0.3 is 5.97 Å². The number of nitrogens with zero attached hydrogens (tertiary/aromatic N) is 3. The average Bonchev–Trinajstić information content (AvgIpc) is 3.70. The molecule has 4 heterocycles. The lowest BCUT2D eigenvalue weighted by Crippen LogP contribution is -2.30. The molecule has 0 amide bonds. The molecule has 270 valence electrons. The first kappa shape index (κ1) is 36.0. The second kappa shape index (κ2) is 13.9. The SMILES string of the molecule is CC1=NC(C)C(C)=C1c1c(Cl)ccc2c(CCCOc3cc(C)c(Cl)c(C)c3)c3n(c12)[C@H](C)CC(CCc1cn(C)c2ccc(C(=O)O)cc12)C3=O. The summed E-state index contributed by atoms with van der Waals surface area (Å²) in [7, 11) is 1.97. The number of aromatic nitrogens is 2. The van der Waals surface area contributed by atoms with Gasteiger partial charge in [-0.15, -0.1) is 0 Å². The summed E-state index contributed by atoms with van der Waals surface area (Å²) in [6, 6.07) is 13.4. The average molecular weight is 739 g/mol. The number of ether oxygens (including phenoxy) is 1. The highest BCUT2D eigenvalue weighted by molar-refractivity contribution is 6.38. The number of carbonyl (C=O) groups excluding carboxylic acids is 1. The predicted octanol–water partition coefficient (Wildman–Crippen LogP) is 10.8. The van der Waals surface area contributed by atoms with Crippen LogP contribution in [0.3, 0.4) is 0 Å². The van der Waals surface area contributed by atoms with Gasteiger partial charge in [0.15, 0.2) is 5.78 Å². The molecule has 0 saturated carbocycles. The number of aryl methyl sites for hydroxylation is 5. The predicted molar refractivity (Wildman–Crippen MR) is 212 cm³/mol. The smallest absolute Gasteiger partial charge is 0.335 e. The van der Waals surface area contributed by atoms with Crippen molar-refractivity contribution in [3.8, 4) is 5.75 Å². The highest BCUT2D eigenvalue weighted by atomic mass is 35.5. The van der Waals surface area contributed by atoms with Gasteiger partial charge in [-0.25, -0.2) is 4.79 Å². The molecule has 2 unspecified atom stereocenters. The number of halogens is 2. The molecule has 7 rings (SSSR count). The number of carboxylic acids is 1. The van der Waals surface area contributed by atoms with E-state index in [1.807, 2.05) is 56.7 Å². The van der Waals surface area contributed by atoms with E-state index in [2.05, 4.69) is 37.6 Å². The lowest BCUT2D eigenvalue weighted by Gasteiger charge is -2.31. The van der Waals surface area contributed by atoms with Gasteiger partial charge in [-0.3, -0.25) is 9.79 Å². The summed E-state index contributed by atoms with van der Waals surface area (Å²) in [5, 5.41) is 13.0. The maximum absolute atomic E-state index is 14.8. The fourth-order valence-corrected chi connectivity index (χ4v) is 8.95. The van der Waals surface area contributed by atoms with Gasteiger partial charge in [0, 0.05) is 63.4 Å². The summed E-state index contributed by atoms with van der Waals surface area (Å²) in [5.74, 6) is -0.192. The molecule has 3 aromatic carbocycles. The van der Waals surface area contributed by atoms with E-state index in [4.69, 9.17) is 32.9 Å². The van der Waals surface area contributed by atoms with Crippen molar-refractivity contribution in [1.82, 2.24) is 9.13 Å². The van der Waals surface area contributed by atoms with Gasteiger partial charge in [0.05, 0.1) is 34.4 Å². The van der Waals surface area contributed by atoms with Crippen LogP contribution in [0.15, 0.2) is 59.2 Å². The minimum absolute atomic E-state index is 0.0468. The number of aromatic carboxylic acids is 1. The number of aliphatic imine (C=N–C) groups is 1. The van der Waals surface area contributed by atoms with Crippen LogP contribution in [-0.2, 0) is 19.9 Å². The normalized spacial score (nSPS) is 18.8. The van der Waals surface area contributed by atoms with Crippen LogP contribution < -0.4 is 4.74 Å². The Bertz CT molecular complexity index is 2340. The van der Waals surface area contributed by atoms with Crippen molar-refractivity contribution < 1.29 is 19.4 Å². The maximum atomic E-state index is 14.8. The Hall–Kier alpha value is -4.33. The third-order valence-corrected chi connectivity index (χ3v) is 12.2. The number of ketones is 1. The third-order valence-electron chi connectivity index (χ3n) is 11.2. The fourth-order valence-electron chi connectivity index (χ4n) is 8.60. The fraction of sp³-hybridized carbons (Fsp3) is 0.372. The number of hydrogen-bond donors (Lipinski definition) is 1. The molecule has 0 fully saturated rings. The van der Waals surface area contributed by atoms with E-state index in [0.717, 1.165) is 83.8 Å². The van der Waals surface area contributed by atoms with Gasteiger partial charge in [0.1, 0.15) is 5.75 Å². The van der Waals surface area contributed by atoms with E-state index < -0.39 is 5.97 Å². The summed E-state index contributed by atoms with van der Waals surface area (Å²) in [5.41, 5.74) is 11.3. The summed E-state index contributed by atoms with van der Waals surface area (Å²) in [4.78, 5) is 31.5. The molecule has 5 aromatic rings. The van der Waals surface area contributed by atoms with E-state index >= 15 is 0 Å². The molecule has 0 aliphatic carbocycles. The zero-order chi connectivity index (χ0) is 37.2. The second-order valence-corrected chi connectivity index (χ2v) is 15.6. The van der Waals surface area contributed by atoms with E-state index in [0.29, 0.717) is 37.3 Å². The molecule has 0 spiro atoms. The number of carboxylic acid groups (broad SMARTS) is 1. The van der Waals surface area contributed by atoms with Gasteiger partial charge in [-0.1, -0.05) is 29.3 Å². The standard InChI is InChI=1S/C43H45Cl2N3O4/c1-22-17-31(18-23(2)39(22)45)52-16-8-9-32-33-13-14-35(44)38(37-25(4)26(5)46-27(37)6)40(33)48-24(3)19-28(42(49)41(32)48)10-11-30-21-47(7)36-15-12-29(43(50)51)20-34(30)36/h12-15,17-18,20-21,24,26,28H,8-11,16,19H2,1-7H3,(H,50,51)/t24-,26?,28?/m1/s1. The first-order valence-corrected chi connectivity index (χ1v) is 18.9. The monoisotopic (exact) mass is 737 g/mol. The van der Waals surface area contributed by atoms with Crippen LogP contribution in [-0.4, -0.2) is 44.4 Å². The van der Waals surface area contributed by atoms with E-state index in [1.54, 1.807) is 12.1 Å². The topological polar surface area (TPSA) is 85.8 Å². The Balaban J connectivity index is 1.27. The Kier molecular flexibility index (Phi) is 9.64. The number of allylic oxidation sites excluding steroid dienone is 1. The number of carbonyl (C=O) groups is 2. The first-order valence-electron chi connectivity index (χ1n) is 18.1. The van der Waals surface area contributed by atoms with E-state index in [1.165, 1.54) is 5.57 Å². The zero-order valence-electron chi connectivity index (χ0n) is 30.9. The van der Waals surface area contributed by atoms with Crippen molar-refractivity contribution >= 4 is 68.0 Å². The lowest BCUT2D eigenvalue weighted by molar-refractivity contribution is 0.0696. The first-order chi connectivity index (χ1) is 24.8. The molecule has 0 radical (unpaired) electrons. The van der Waals surface area contributed by atoms with Crippen LogP contribution >= 0.6 is 23.2 Å². The summed E-state index contributed by atoms with van der Waals surface area (Å²) in [6.07, 6.45) is 5.49. The molecular weight excluding hydrogens is 693 g/mol. The van der Waals surface area contributed by atoms with Crippen LogP contribution in [0.2, 0.25) is 10.0 Å². The minimum Gasteiger partial charge on any atom is -0.494 e. The number of fused-ring (bicyclic) bond motifs is 4. The molecule has 0 saturated heterocycles. The Labute approximate surface area is 314 Å². The highest BCUT2D eigenvalue weighted by Gasteiger charge is 2.38. The Morgan fingerprint density at radius 2 is 1.73 bits per heavy atom. The number of Topliss-reactive ketones (excluding diaryl/α,β-unsaturated/α-hetero) is 1. The van der Waals surface area contributed by atoms with Gasteiger partial charge < -0.3 is 19.0 Å². The largest absolute Gasteiger partial charge is 0.494 e. The number of hydrogen-bond acceptors (Lipinski definition) is 4. The maximum Gasteiger partial charge on any atom is 0.335 e. The zero-order valence-corrected chi connectivity index (χ0v) is 32.4. The molecule has 7 nitrogen and oxygen atoms in total. The molecule has 9 heteroatoms. The van der Waals surface area contributed by atoms with Crippen molar-refractivity contribution in [3.05, 3.63) is 103 Å². The second-order valence-electron chi connectivity index (χ2n) is 14.8. The molecule has 2 aromatic heterocycles. The van der Waals surface area contributed by atoms with Crippen molar-refractivity contribution in [1.29, 1.82) is 0 Å². The molecular formula is C43H45Cl2N3O4. The van der Waals surface area contributed by atoms with Gasteiger partial charge in [0.25, 0.3) is 0 Å². The van der Waals surface area contributed by atoms with Crippen LogP contribution in [0, 0.1) is 19.8 Å². The van der Waals surface area contributed by atoms with Crippen LogP contribution in [0.1, 0.15) is 102 Å². The van der Waals surface area contributed by atoms with Crippen LogP contribution in [0.25, 0.3) is 27.4 Å². The summed E-state index contributed by atoms with van der Waals surface area (Å²) in [6.45, 7) is 13.0. The van der Waals surface area contributed by atoms with Crippen molar-refractivity contribution in [2.75, 3.05) is 6.61 Å². The highest BCUT2D eigenvalue weighted by Crippen LogP contribution is 2.46. The van der Waals surface area contributed by atoms with Gasteiger partial charge in [0.2, 0.25) is 0 Å². The number of benzene rings is 3. The van der Waals surface area contributed by atoms with Gasteiger partial charge in [-0.2, -0.15) is 0 Å². The minimum atomic E-state index is -0.948. The molecule has 2 aliphatic rings. The third kappa shape index (κ3) is 6.16. The molecule has 52 heavy (non-hydrogen) atoms. The van der Waals surface area contributed by atoms with Crippen LogP contribution in [0.5, 0.6) is 5.75 Å². The van der Waals surface area contributed by atoms with E-state index in [9.17, 15) is 14.7 Å². The van der Waals surface area contributed by atoms with Crippen molar-refractivity contribution in [2.24, 2.45) is 18.0 Å². The van der Waals surface area contributed by atoms with Crippen molar-refractivity contribution in [2.45, 2.75) is 85.7 Å². The number of rotatable bonds is 10. The van der Waals surface area contributed by atoms with Gasteiger partial charge in [-0.05, 0) is 138 Å². The summed E-state index contributed by atoms with van der Waals surface area (Å²) >= 11 is 13.5. The van der Waals surface area contributed by atoms with Crippen molar-refractivity contribution in [3.63, 3.8) is 0 Å². The molecule has 3 atom stereocenters. The molecule has 1 N–H and O–H groups in total. The quantitative estimate of drug-likeness (QED) is 0.145. The Morgan fingerprint density at radius 3 is 2.40 bits per heavy atom. The lowest BCUT2D eigenvalue weighted by atomic mass is 9.84. The Morgan fingerprint density at radius 1 is 1.00 bits per heavy atom. The molecule has 0 bridgehead atoms.